The minimum atomic E-state index is -0.682. The van der Waals surface area contributed by atoms with Gasteiger partial charge in [0.05, 0.1) is 13.2 Å². The first kappa shape index (κ1) is 10.6. The topological polar surface area (TPSA) is 61.8 Å². The molecule has 0 aromatic carbocycles. The zero-order valence-corrected chi connectivity index (χ0v) is 8.16. The van der Waals surface area contributed by atoms with E-state index < -0.39 is 11.8 Å². The van der Waals surface area contributed by atoms with Crippen LogP contribution in [0.3, 0.4) is 0 Å². The summed E-state index contributed by atoms with van der Waals surface area (Å²) in [5.74, 6) is -1.10. The maximum Gasteiger partial charge on any atom is 0.349 e. The molecule has 1 rings (SSSR count). The Kier molecular flexibility index (Phi) is 3.50. The molecule has 0 amide bonds. The molecule has 0 bridgehead atoms. The third-order valence-electron chi connectivity index (χ3n) is 1.57. The van der Waals surface area contributed by atoms with Gasteiger partial charge >= 0.3 is 5.97 Å². The molecule has 1 aliphatic rings. The van der Waals surface area contributed by atoms with E-state index in [-0.39, 0.29) is 24.7 Å². The van der Waals surface area contributed by atoms with Crippen LogP contribution >= 0.6 is 0 Å². The number of carbonyl (C=O) groups is 2. The monoisotopic (exact) mass is 200 g/mol. The van der Waals surface area contributed by atoms with Gasteiger partial charge in [0, 0.05) is 0 Å². The molecule has 0 atom stereocenters. The molecule has 0 saturated heterocycles. The van der Waals surface area contributed by atoms with Gasteiger partial charge in [0.25, 0.3) is 5.95 Å². The third kappa shape index (κ3) is 2.04. The van der Waals surface area contributed by atoms with Crippen LogP contribution < -0.4 is 0 Å². The molecule has 0 saturated carbocycles. The van der Waals surface area contributed by atoms with Crippen LogP contribution in [0.25, 0.3) is 0 Å². The summed E-state index contributed by atoms with van der Waals surface area (Å²) in [7, 11) is 0. The fraction of sp³-hybridized carbons (Fsp3) is 0.556. The van der Waals surface area contributed by atoms with Crippen LogP contribution in [0.1, 0.15) is 13.8 Å². The van der Waals surface area contributed by atoms with E-state index in [4.69, 9.17) is 14.2 Å². The lowest BCUT2D eigenvalue weighted by Crippen LogP contribution is -2.15. The highest BCUT2D eigenvalue weighted by Crippen LogP contribution is 2.18. The van der Waals surface area contributed by atoms with Crippen molar-refractivity contribution >= 4 is 11.8 Å². The van der Waals surface area contributed by atoms with Gasteiger partial charge in [0.15, 0.2) is 12.2 Å². The fourth-order valence-corrected chi connectivity index (χ4v) is 1.03. The van der Waals surface area contributed by atoms with Crippen LogP contribution in [0.5, 0.6) is 0 Å². The Hall–Kier alpha value is -1.52. The summed E-state index contributed by atoms with van der Waals surface area (Å²) in [6.07, 6.45) is 0. The largest absolute Gasteiger partial charge is 0.465 e. The van der Waals surface area contributed by atoms with E-state index in [0.717, 1.165) is 0 Å². The van der Waals surface area contributed by atoms with Crippen molar-refractivity contribution in [3.8, 4) is 0 Å². The molecule has 1 heterocycles. The van der Waals surface area contributed by atoms with Crippen molar-refractivity contribution in [3.05, 3.63) is 11.5 Å². The molecule has 78 valence electrons. The summed E-state index contributed by atoms with van der Waals surface area (Å²) in [6, 6.07) is 0. The van der Waals surface area contributed by atoms with Crippen molar-refractivity contribution in [3.63, 3.8) is 0 Å². The van der Waals surface area contributed by atoms with E-state index in [0.29, 0.717) is 6.61 Å². The van der Waals surface area contributed by atoms with Crippen molar-refractivity contribution in [1.29, 1.82) is 0 Å². The zero-order valence-electron chi connectivity index (χ0n) is 8.16. The Labute approximate surface area is 81.6 Å². The third-order valence-corrected chi connectivity index (χ3v) is 1.57. The molecule has 14 heavy (non-hydrogen) atoms. The molecule has 0 N–H and O–H groups in total. The van der Waals surface area contributed by atoms with Crippen LogP contribution in [-0.4, -0.2) is 31.6 Å². The number of esters is 1. The quantitative estimate of drug-likeness (QED) is 0.485. The molecule has 0 aromatic heterocycles. The van der Waals surface area contributed by atoms with Gasteiger partial charge < -0.3 is 14.2 Å². The first-order valence-corrected chi connectivity index (χ1v) is 4.40. The smallest absolute Gasteiger partial charge is 0.349 e. The number of carbonyl (C=O) groups excluding carboxylic acids is 2. The standard InChI is InChI=1S/C9H12O5/c1-3-12-8(11)7-6(10)5-14-9(7)13-4-2/h3-5H2,1-2H3. The highest BCUT2D eigenvalue weighted by atomic mass is 16.7. The van der Waals surface area contributed by atoms with Crippen molar-refractivity contribution < 1.29 is 23.8 Å². The summed E-state index contributed by atoms with van der Waals surface area (Å²) in [5, 5.41) is 0. The first-order chi connectivity index (χ1) is 6.70. The van der Waals surface area contributed by atoms with Crippen LogP contribution in [0.2, 0.25) is 0 Å². The molecule has 1 aliphatic heterocycles. The Morgan fingerprint density at radius 3 is 2.71 bits per heavy atom. The minimum absolute atomic E-state index is 0.0176. The van der Waals surface area contributed by atoms with Gasteiger partial charge in [-0.25, -0.2) is 4.79 Å². The van der Waals surface area contributed by atoms with Crippen LogP contribution in [0.15, 0.2) is 11.5 Å². The average Bonchev–Trinajstić information content (AvgIpc) is 2.48. The number of rotatable bonds is 4. The van der Waals surface area contributed by atoms with Gasteiger partial charge in [-0.15, -0.1) is 0 Å². The lowest BCUT2D eigenvalue weighted by atomic mass is 10.2. The van der Waals surface area contributed by atoms with E-state index in [2.05, 4.69) is 0 Å². The molecule has 0 unspecified atom stereocenters. The van der Waals surface area contributed by atoms with Crippen LogP contribution in [-0.2, 0) is 23.8 Å². The van der Waals surface area contributed by atoms with Gasteiger partial charge in [-0.2, -0.15) is 0 Å². The fourth-order valence-electron chi connectivity index (χ4n) is 1.03. The van der Waals surface area contributed by atoms with Crippen LogP contribution in [0.4, 0.5) is 0 Å². The highest BCUT2D eigenvalue weighted by Gasteiger charge is 2.33. The van der Waals surface area contributed by atoms with E-state index in [1.54, 1.807) is 13.8 Å². The molecule has 5 nitrogen and oxygen atoms in total. The SMILES string of the molecule is CCOC(=O)C1=C(OCC)OCC1=O. The molecule has 0 fully saturated rings. The molecular formula is C9H12O5. The predicted molar refractivity (Wildman–Crippen MR) is 46.2 cm³/mol. The normalized spacial score (nSPS) is 15.4. The molecule has 0 spiro atoms. The second-order valence-corrected chi connectivity index (χ2v) is 2.53. The summed E-state index contributed by atoms with van der Waals surface area (Å²) in [6.45, 7) is 3.81. The van der Waals surface area contributed by atoms with Gasteiger partial charge in [0.2, 0.25) is 5.78 Å². The molecule has 0 aromatic rings. The van der Waals surface area contributed by atoms with E-state index in [9.17, 15) is 9.59 Å². The number of hydrogen-bond acceptors (Lipinski definition) is 5. The predicted octanol–water partition coefficient (Wildman–Crippen LogP) is 0.397. The Morgan fingerprint density at radius 1 is 1.43 bits per heavy atom. The maximum absolute atomic E-state index is 11.3. The van der Waals surface area contributed by atoms with Gasteiger partial charge in [0.1, 0.15) is 0 Å². The second-order valence-electron chi connectivity index (χ2n) is 2.53. The van der Waals surface area contributed by atoms with E-state index in [1.165, 1.54) is 0 Å². The summed E-state index contributed by atoms with van der Waals surface area (Å²) in [5.41, 5.74) is -0.117. The average molecular weight is 200 g/mol. The summed E-state index contributed by atoms with van der Waals surface area (Å²) in [4.78, 5) is 22.5. The Balaban J connectivity index is 2.82. The van der Waals surface area contributed by atoms with Crippen molar-refractivity contribution in [2.45, 2.75) is 13.8 Å². The van der Waals surface area contributed by atoms with E-state index >= 15 is 0 Å². The second kappa shape index (κ2) is 4.64. The number of ketones is 1. The molecule has 5 heteroatoms. The number of hydrogen-bond donors (Lipinski definition) is 0. The summed E-state index contributed by atoms with van der Waals surface area (Å²) >= 11 is 0. The van der Waals surface area contributed by atoms with Gasteiger partial charge in [-0.05, 0) is 13.8 Å². The zero-order chi connectivity index (χ0) is 10.6. The molecule has 0 radical (unpaired) electrons. The maximum atomic E-state index is 11.3. The number of Topliss-reactive ketones (excluding diaryl/α,β-unsaturated/α-hetero) is 1. The Bertz CT molecular complexity index is 279. The van der Waals surface area contributed by atoms with E-state index in [1.807, 2.05) is 0 Å². The Morgan fingerprint density at radius 2 is 2.14 bits per heavy atom. The van der Waals surface area contributed by atoms with Gasteiger partial charge in [-0.3, -0.25) is 4.79 Å². The first-order valence-electron chi connectivity index (χ1n) is 4.40. The minimum Gasteiger partial charge on any atom is -0.465 e. The lowest BCUT2D eigenvalue weighted by molar-refractivity contribution is -0.139. The molecular weight excluding hydrogens is 188 g/mol. The lowest BCUT2D eigenvalue weighted by Gasteiger charge is -2.04. The van der Waals surface area contributed by atoms with Crippen molar-refractivity contribution in [2.75, 3.05) is 19.8 Å². The van der Waals surface area contributed by atoms with Gasteiger partial charge in [-0.1, -0.05) is 0 Å². The number of ether oxygens (including phenoxy) is 3. The highest BCUT2D eigenvalue weighted by molar-refractivity contribution is 6.19. The van der Waals surface area contributed by atoms with Crippen molar-refractivity contribution in [1.82, 2.24) is 0 Å². The van der Waals surface area contributed by atoms with Crippen LogP contribution in [0, 0.1) is 0 Å². The summed E-state index contributed by atoms with van der Waals surface area (Å²) < 4.78 is 14.6. The van der Waals surface area contributed by atoms with Crippen molar-refractivity contribution in [2.24, 2.45) is 0 Å². The molecule has 0 aliphatic carbocycles.